The Kier molecular flexibility index (Phi) is 8.34. The van der Waals surface area contributed by atoms with Gasteiger partial charge in [-0.3, -0.25) is 4.90 Å². The van der Waals surface area contributed by atoms with E-state index in [1.807, 2.05) is 19.1 Å². The van der Waals surface area contributed by atoms with Crippen LogP contribution < -0.4 is 15.5 Å². The van der Waals surface area contributed by atoms with Crippen LogP contribution in [0.4, 0.5) is 10.5 Å². The first-order valence-electron chi connectivity index (χ1n) is 10.9. The predicted octanol–water partition coefficient (Wildman–Crippen LogP) is 4.77. The number of anilines is 1. The number of amides is 2. The van der Waals surface area contributed by atoms with Crippen LogP contribution in [0.25, 0.3) is 0 Å². The van der Waals surface area contributed by atoms with Crippen LogP contribution in [-0.4, -0.2) is 55.7 Å². The van der Waals surface area contributed by atoms with Gasteiger partial charge < -0.3 is 15.5 Å². The topological polar surface area (TPSA) is 47.6 Å². The van der Waals surface area contributed by atoms with Gasteiger partial charge in [0.25, 0.3) is 0 Å². The molecule has 1 heterocycles. The first-order valence-corrected chi connectivity index (χ1v) is 11.7. The van der Waals surface area contributed by atoms with Gasteiger partial charge in [0.1, 0.15) is 0 Å². The average Bonchev–Trinajstić information content (AvgIpc) is 2.72. The molecule has 1 atom stereocenters. The maximum absolute atomic E-state index is 11.7. The first kappa shape index (κ1) is 22.5. The van der Waals surface area contributed by atoms with Gasteiger partial charge in [-0.2, -0.15) is 0 Å². The summed E-state index contributed by atoms with van der Waals surface area (Å²) in [6, 6.07) is 6.76. The molecule has 2 fully saturated rings. The van der Waals surface area contributed by atoms with E-state index in [-0.39, 0.29) is 6.03 Å². The highest BCUT2D eigenvalue weighted by atomic mass is 35.5. The second kappa shape index (κ2) is 10.7. The Balaban J connectivity index is 1.41. The van der Waals surface area contributed by atoms with Crippen molar-refractivity contribution in [2.75, 3.05) is 37.6 Å². The largest absolute Gasteiger partial charge is 0.368 e. The van der Waals surface area contributed by atoms with Gasteiger partial charge >= 0.3 is 6.03 Å². The number of halogens is 2. The third kappa shape index (κ3) is 6.16. The molecule has 1 aliphatic heterocycles. The summed E-state index contributed by atoms with van der Waals surface area (Å²) in [6.45, 7) is 9.05. The zero-order chi connectivity index (χ0) is 20.8. The lowest BCUT2D eigenvalue weighted by atomic mass is 9.82. The fraction of sp³-hybridized carbons (Fsp3) is 0.682. The number of rotatable bonds is 6. The van der Waals surface area contributed by atoms with E-state index in [2.05, 4.69) is 33.4 Å². The Labute approximate surface area is 185 Å². The normalized spacial score (nSPS) is 24.2. The molecule has 0 bridgehead atoms. The molecule has 0 radical (unpaired) electrons. The van der Waals surface area contributed by atoms with Crippen LogP contribution >= 0.6 is 23.2 Å². The molecule has 162 valence electrons. The predicted molar refractivity (Wildman–Crippen MR) is 122 cm³/mol. The zero-order valence-electron chi connectivity index (χ0n) is 17.6. The van der Waals surface area contributed by atoms with Gasteiger partial charge in [0.15, 0.2) is 0 Å². The van der Waals surface area contributed by atoms with E-state index >= 15 is 0 Å². The number of nitrogens with one attached hydrogen (secondary N) is 2. The second-order valence-corrected chi connectivity index (χ2v) is 9.19. The summed E-state index contributed by atoms with van der Waals surface area (Å²) >= 11 is 12.6. The molecule has 3 rings (SSSR count). The van der Waals surface area contributed by atoms with Gasteiger partial charge in [-0.15, -0.1) is 0 Å². The zero-order valence-corrected chi connectivity index (χ0v) is 19.1. The van der Waals surface area contributed by atoms with Crippen LogP contribution in [0, 0.1) is 5.92 Å². The third-order valence-electron chi connectivity index (χ3n) is 6.40. The van der Waals surface area contributed by atoms with Gasteiger partial charge in [0.05, 0.1) is 15.7 Å². The van der Waals surface area contributed by atoms with Crippen LogP contribution in [0.3, 0.4) is 0 Å². The first-order chi connectivity index (χ1) is 14.0. The molecule has 29 heavy (non-hydrogen) atoms. The van der Waals surface area contributed by atoms with Gasteiger partial charge in [-0.05, 0) is 64.0 Å². The van der Waals surface area contributed by atoms with Crippen molar-refractivity contribution in [2.24, 2.45) is 5.92 Å². The quantitative estimate of drug-likeness (QED) is 0.669. The summed E-state index contributed by atoms with van der Waals surface area (Å²) in [5.74, 6) is 0.762. The molecular weight excluding hydrogens is 407 g/mol. The van der Waals surface area contributed by atoms with Crippen molar-refractivity contribution in [3.05, 3.63) is 28.2 Å². The van der Waals surface area contributed by atoms with Crippen molar-refractivity contribution < 1.29 is 4.79 Å². The number of hydrogen-bond acceptors (Lipinski definition) is 3. The molecule has 1 aromatic rings. The van der Waals surface area contributed by atoms with E-state index in [1.54, 1.807) is 0 Å². The van der Waals surface area contributed by atoms with Crippen LogP contribution in [0.2, 0.25) is 10.0 Å². The molecule has 2 N–H and O–H groups in total. The molecule has 1 aliphatic carbocycles. The molecular formula is C22H34Cl2N4O. The fourth-order valence-electron chi connectivity index (χ4n) is 4.71. The van der Waals surface area contributed by atoms with E-state index in [1.165, 1.54) is 19.3 Å². The Bertz CT molecular complexity index is 671. The Morgan fingerprint density at radius 2 is 1.83 bits per heavy atom. The standard InChI is InChI=1S/C22H34Cl2N4O/c1-3-25-22(29)26-18-9-7-17(8-10-18)15-16(2)27-11-13-28(14-12-27)20-6-4-5-19(23)21(20)24/h4-6,16-18H,3,7-15H2,1-2H3,(H2,25,26,29). The molecule has 1 unspecified atom stereocenters. The summed E-state index contributed by atoms with van der Waals surface area (Å²) < 4.78 is 0. The molecule has 0 aromatic heterocycles. The smallest absolute Gasteiger partial charge is 0.314 e. The molecule has 2 amide bonds. The van der Waals surface area contributed by atoms with Crippen molar-refractivity contribution >= 4 is 34.9 Å². The highest BCUT2D eigenvalue weighted by Gasteiger charge is 2.27. The lowest BCUT2D eigenvalue weighted by Gasteiger charge is -2.41. The number of benzene rings is 1. The van der Waals surface area contributed by atoms with E-state index in [4.69, 9.17) is 23.2 Å². The van der Waals surface area contributed by atoms with E-state index in [9.17, 15) is 4.79 Å². The molecule has 7 heteroatoms. The van der Waals surface area contributed by atoms with Crippen LogP contribution in [0.5, 0.6) is 0 Å². The second-order valence-electron chi connectivity index (χ2n) is 8.40. The molecule has 5 nitrogen and oxygen atoms in total. The highest BCUT2D eigenvalue weighted by molar-refractivity contribution is 6.43. The van der Waals surface area contributed by atoms with Gasteiger partial charge in [0, 0.05) is 44.8 Å². The minimum atomic E-state index is -0.0259. The maximum Gasteiger partial charge on any atom is 0.314 e. The summed E-state index contributed by atoms with van der Waals surface area (Å²) in [5, 5.41) is 7.21. The molecule has 2 aliphatic rings. The lowest BCUT2D eigenvalue weighted by Crippen LogP contribution is -2.50. The van der Waals surface area contributed by atoms with Crippen LogP contribution in [0.15, 0.2) is 18.2 Å². The number of piperazine rings is 1. The number of carbonyl (C=O) groups excluding carboxylic acids is 1. The van der Waals surface area contributed by atoms with E-state index in [0.29, 0.717) is 28.7 Å². The van der Waals surface area contributed by atoms with Crippen molar-refractivity contribution in [1.29, 1.82) is 0 Å². The van der Waals surface area contributed by atoms with Crippen LogP contribution in [0.1, 0.15) is 46.0 Å². The van der Waals surface area contributed by atoms with Gasteiger partial charge in [0.2, 0.25) is 0 Å². The molecule has 0 spiro atoms. The van der Waals surface area contributed by atoms with E-state index in [0.717, 1.165) is 50.6 Å². The fourth-order valence-corrected chi connectivity index (χ4v) is 5.13. The van der Waals surface area contributed by atoms with Crippen LogP contribution in [-0.2, 0) is 0 Å². The minimum absolute atomic E-state index is 0.0259. The SMILES string of the molecule is CCNC(=O)NC1CCC(CC(C)N2CCN(c3cccc(Cl)c3Cl)CC2)CC1. The average molecular weight is 441 g/mol. The minimum Gasteiger partial charge on any atom is -0.368 e. The van der Waals surface area contributed by atoms with E-state index < -0.39 is 0 Å². The monoisotopic (exact) mass is 440 g/mol. The van der Waals surface area contributed by atoms with Crippen molar-refractivity contribution in [3.8, 4) is 0 Å². The summed E-state index contributed by atoms with van der Waals surface area (Å²) in [6.07, 6.45) is 5.84. The third-order valence-corrected chi connectivity index (χ3v) is 7.21. The number of carbonyl (C=O) groups is 1. The molecule has 1 saturated heterocycles. The van der Waals surface area contributed by atoms with Gasteiger partial charge in [-0.1, -0.05) is 29.3 Å². The highest BCUT2D eigenvalue weighted by Crippen LogP contribution is 2.34. The van der Waals surface area contributed by atoms with Crippen molar-refractivity contribution in [1.82, 2.24) is 15.5 Å². The Hall–Kier alpha value is -1.17. The number of urea groups is 1. The lowest BCUT2D eigenvalue weighted by molar-refractivity contribution is 0.154. The number of nitrogens with zero attached hydrogens (tertiary/aromatic N) is 2. The van der Waals surface area contributed by atoms with Crippen molar-refractivity contribution in [2.45, 2.75) is 58.0 Å². The summed E-state index contributed by atoms with van der Waals surface area (Å²) in [7, 11) is 0. The molecule has 1 aromatic carbocycles. The molecule has 1 saturated carbocycles. The van der Waals surface area contributed by atoms with Crippen molar-refractivity contribution in [3.63, 3.8) is 0 Å². The maximum atomic E-state index is 11.7. The van der Waals surface area contributed by atoms with Gasteiger partial charge in [-0.25, -0.2) is 4.79 Å². The Morgan fingerprint density at radius 1 is 1.14 bits per heavy atom. The summed E-state index contributed by atoms with van der Waals surface area (Å²) in [5.41, 5.74) is 1.05. The number of hydrogen-bond donors (Lipinski definition) is 2. The Morgan fingerprint density at radius 3 is 2.48 bits per heavy atom. The summed E-state index contributed by atoms with van der Waals surface area (Å²) in [4.78, 5) is 16.6.